The summed E-state index contributed by atoms with van der Waals surface area (Å²) in [6.07, 6.45) is 6.22. The van der Waals surface area contributed by atoms with E-state index in [9.17, 15) is 0 Å². The molecule has 0 aromatic carbocycles. The normalized spacial score (nSPS) is 19.3. The molecule has 102 valence electrons. The van der Waals surface area contributed by atoms with E-state index in [1.165, 1.54) is 25.7 Å². The van der Waals surface area contributed by atoms with Gasteiger partial charge in [-0.15, -0.1) is 0 Å². The molecule has 1 saturated carbocycles. The number of nitrogens with one attached hydrogen (secondary N) is 1. The molecule has 1 aromatic rings. The van der Waals surface area contributed by atoms with Crippen LogP contribution in [0, 0.1) is 5.92 Å². The highest BCUT2D eigenvalue weighted by Gasteiger charge is 2.27. The Morgan fingerprint density at radius 1 is 1.33 bits per heavy atom. The van der Waals surface area contributed by atoms with E-state index in [-0.39, 0.29) is 5.41 Å². The van der Waals surface area contributed by atoms with Crippen molar-refractivity contribution in [3.05, 3.63) is 11.7 Å². The van der Waals surface area contributed by atoms with Gasteiger partial charge >= 0.3 is 0 Å². The Morgan fingerprint density at radius 2 is 2.00 bits per heavy atom. The van der Waals surface area contributed by atoms with Gasteiger partial charge in [0.2, 0.25) is 5.89 Å². The van der Waals surface area contributed by atoms with E-state index in [4.69, 9.17) is 4.52 Å². The summed E-state index contributed by atoms with van der Waals surface area (Å²) in [5.41, 5.74) is -0.0375. The second-order valence-electron chi connectivity index (χ2n) is 6.41. The van der Waals surface area contributed by atoms with Crippen LogP contribution in [0.25, 0.3) is 0 Å². The maximum absolute atomic E-state index is 5.38. The quantitative estimate of drug-likeness (QED) is 0.894. The monoisotopic (exact) mass is 251 g/mol. The van der Waals surface area contributed by atoms with E-state index < -0.39 is 0 Å². The zero-order valence-electron chi connectivity index (χ0n) is 12.0. The topological polar surface area (TPSA) is 51.0 Å². The Hall–Kier alpha value is -0.900. The molecular formula is C14H25N3O. The average molecular weight is 251 g/mol. The molecule has 4 nitrogen and oxygen atoms in total. The molecule has 0 aliphatic heterocycles. The number of hydrogen-bond donors (Lipinski definition) is 1. The van der Waals surface area contributed by atoms with Gasteiger partial charge in [-0.2, -0.15) is 4.98 Å². The predicted octanol–water partition coefficient (Wildman–Crippen LogP) is 2.69. The lowest BCUT2D eigenvalue weighted by Gasteiger charge is -2.21. The molecule has 2 rings (SSSR count). The van der Waals surface area contributed by atoms with E-state index in [2.05, 4.69) is 36.2 Å². The minimum Gasteiger partial charge on any atom is -0.339 e. The van der Waals surface area contributed by atoms with E-state index in [0.717, 1.165) is 24.1 Å². The van der Waals surface area contributed by atoms with Gasteiger partial charge in [-0.25, -0.2) is 0 Å². The molecule has 1 atom stereocenters. The van der Waals surface area contributed by atoms with E-state index >= 15 is 0 Å². The molecule has 0 bridgehead atoms. The van der Waals surface area contributed by atoms with Crippen molar-refractivity contribution in [2.75, 3.05) is 7.05 Å². The first-order valence-electron chi connectivity index (χ1n) is 7.01. The predicted molar refractivity (Wildman–Crippen MR) is 71.5 cm³/mol. The molecule has 0 radical (unpaired) electrons. The molecule has 0 amide bonds. The van der Waals surface area contributed by atoms with Crippen LogP contribution in [0.5, 0.6) is 0 Å². The Labute approximate surface area is 110 Å². The van der Waals surface area contributed by atoms with Crippen LogP contribution < -0.4 is 5.32 Å². The molecule has 1 aromatic heterocycles. The van der Waals surface area contributed by atoms with Crippen LogP contribution in [0.3, 0.4) is 0 Å². The largest absolute Gasteiger partial charge is 0.339 e. The van der Waals surface area contributed by atoms with Crippen LogP contribution in [0.15, 0.2) is 4.52 Å². The SMILES string of the molecule is CNC(Cc1nc(C(C)(C)C)no1)C1CCCC1. The lowest BCUT2D eigenvalue weighted by Crippen LogP contribution is -2.34. The lowest BCUT2D eigenvalue weighted by molar-refractivity contribution is 0.314. The maximum atomic E-state index is 5.38. The van der Waals surface area contributed by atoms with Crippen molar-refractivity contribution in [3.8, 4) is 0 Å². The Bertz CT molecular complexity index is 375. The Kier molecular flexibility index (Phi) is 4.05. The van der Waals surface area contributed by atoms with Crippen molar-refractivity contribution < 1.29 is 4.52 Å². The highest BCUT2D eigenvalue weighted by molar-refractivity contribution is 5.01. The summed E-state index contributed by atoms with van der Waals surface area (Å²) in [7, 11) is 2.03. The van der Waals surface area contributed by atoms with Crippen molar-refractivity contribution >= 4 is 0 Å². The fourth-order valence-electron chi connectivity index (χ4n) is 2.69. The summed E-state index contributed by atoms with van der Waals surface area (Å²) in [4.78, 5) is 4.52. The summed E-state index contributed by atoms with van der Waals surface area (Å²) in [5, 5.41) is 7.50. The molecule has 0 saturated heterocycles. The van der Waals surface area contributed by atoms with Gasteiger partial charge in [0.1, 0.15) is 0 Å². The lowest BCUT2D eigenvalue weighted by atomic mass is 9.95. The van der Waals surface area contributed by atoms with Gasteiger partial charge < -0.3 is 9.84 Å². The number of likely N-dealkylation sites (N-methyl/N-ethyl adjacent to an activating group) is 1. The van der Waals surface area contributed by atoms with Crippen molar-refractivity contribution in [2.45, 2.75) is 64.3 Å². The second kappa shape index (κ2) is 5.39. The second-order valence-corrected chi connectivity index (χ2v) is 6.41. The molecular weight excluding hydrogens is 226 g/mol. The molecule has 1 aliphatic rings. The van der Waals surface area contributed by atoms with Crippen molar-refractivity contribution in [2.24, 2.45) is 5.92 Å². The van der Waals surface area contributed by atoms with Gasteiger partial charge in [0.15, 0.2) is 5.82 Å². The molecule has 4 heteroatoms. The maximum Gasteiger partial charge on any atom is 0.228 e. The van der Waals surface area contributed by atoms with E-state index in [1.54, 1.807) is 0 Å². The Balaban J connectivity index is 2.01. The van der Waals surface area contributed by atoms with Gasteiger partial charge in [0.05, 0.1) is 0 Å². The van der Waals surface area contributed by atoms with E-state index in [0.29, 0.717) is 6.04 Å². The number of nitrogens with zero attached hydrogens (tertiary/aromatic N) is 2. The third kappa shape index (κ3) is 3.10. The van der Waals surface area contributed by atoms with Crippen LogP contribution >= 0.6 is 0 Å². The summed E-state index contributed by atoms with van der Waals surface area (Å²) in [6, 6.07) is 0.473. The number of aromatic nitrogens is 2. The molecule has 0 spiro atoms. The number of rotatable bonds is 4. The van der Waals surface area contributed by atoms with Crippen LogP contribution in [-0.2, 0) is 11.8 Å². The van der Waals surface area contributed by atoms with Crippen LogP contribution in [0.1, 0.15) is 58.2 Å². The molecule has 1 N–H and O–H groups in total. The minimum absolute atomic E-state index is 0.0375. The van der Waals surface area contributed by atoms with Gasteiger partial charge in [0.25, 0.3) is 0 Å². The summed E-state index contributed by atoms with van der Waals surface area (Å²) in [5.74, 6) is 2.34. The van der Waals surface area contributed by atoms with Crippen LogP contribution in [-0.4, -0.2) is 23.2 Å². The minimum atomic E-state index is -0.0375. The van der Waals surface area contributed by atoms with Gasteiger partial charge in [-0.1, -0.05) is 38.8 Å². The zero-order valence-corrected chi connectivity index (χ0v) is 12.0. The third-order valence-corrected chi connectivity index (χ3v) is 3.87. The first kappa shape index (κ1) is 13.5. The molecule has 1 aliphatic carbocycles. The first-order chi connectivity index (χ1) is 8.50. The van der Waals surface area contributed by atoms with Crippen LogP contribution in [0.2, 0.25) is 0 Å². The highest BCUT2D eigenvalue weighted by atomic mass is 16.5. The molecule has 1 unspecified atom stereocenters. The molecule has 18 heavy (non-hydrogen) atoms. The Morgan fingerprint density at radius 3 is 2.50 bits per heavy atom. The van der Waals surface area contributed by atoms with Gasteiger partial charge in [-0.3, -0.25) is 0 Å². The summed E-state index contributed by atoms with van der Waals surface area (Å²) < 4.78 is 5.38. The molecule has 1 heterocycles. The number of hydrogen-bond acceptors (Lipinski definition) is 4. The van der Waals surface area contributed by atoms with E-state index in [1.807, 2.05) is 7.05 Å². The standard InChI is InChI=1S/C14H25N3O/c1-14(2,3)13-16-12(18-17-13)9-11(15-4)10-7-5-6-8-10/h10-11,15H,5-9H2,1-4H3. The van der Waals surface area contributed by atoms with Gasteiger partial charge in [-0.05, 0) is 25.8 Å². The highest BCUT2D eigenvalue weighted by Crippen LogP contribution is 2.29. The smallest absolute Gasteiger partial charge is 0.228 e. The summed E-state index contributed by atoms with van der Waals surface area (Å²) >= 11 is 0. The molecule has 1 fully saturated rings. The van der Waals surface area contributed by atoms with Crippen LogP contribution in [0.4, 0.5) is 0 Å². The van der Waals surface area contributed by atoms with Crippen molar-refractivity contribution in [1.82, 2.24) is 15.5 Å². The fourth-order valence-corrected chi connectivity index (χ4v) is 2.69. The average Bonchev–Trinajstić information content (AvgIpc) is 2.95. The third-order valence-electron chi connectivity index (χ3n) is 3.87. The van der Waals surface area contributed by atoms with Gasteiger partial charge in [0, 0.05) is 17.9 Å². The summed E-state index contributed by atoms with van der Waals surface area (Å²) in [6.45, 7) is 6.32. The first-order valence-corrected chi connectivity index (χ1v) is 7.01. The fraction of sp³-hybridized carbons (Fsp3) is 0.857. The van der Waals surface area contributed by atoms with Crippen molar-refractivity contribution in [3.63, 3.8) is 0 Å². The zero-order chi connectivity index (χ0) is 13.2. The van der Waals surface area contributed by atoms with Crippen molar-refractivity contribution in [1.29, 1.82) is 0 Å².